The van der Waals surface area contributed by atoms with Crippen molar-refractivity contribution in [2.75, 3.05) is 13.7 Å². The minimum Gasteiger partial charge on any atom is -0.465 e. The zero-order valence-electron chi connectivity index (χ0n) is 17.5. The van der Waals surface area contributed by atoms with Crippen LogP contribution in [-0.2, 0) is 23.9 Å². The fraction of sp³-hybridized carbons (Fsp3) is 0.409. The number of amides is 1. The SMILES string of the molecule is C/C=C(/C=C(C)/C=C/C=C\C=C(/C)C(=O)[C@]12O[C@H]1[C@](O)(CCO)NC2=O)C(=O)OC. The van der Waals surface area contributed by atoms with Crippen molar-refractivity contribution in [2.45, 2.75) is 44.6 Å². The van der Waals surface area contributed by atoms with Gasteiger partial charge in [0, 0.05) is 13.0 Å². The van der Waals surface area contributed by atoms with Crippen LogP contribution < -0.4 is 5.32 Å². The van der Waals surface area contributed by atoms with Crippen molar-refractivity contribution < 1.29 is 34.1 Å². The Morgan fingerprint density at radius 1 is 1.27 bits per heavy atom. The van der Waals surface area contributed by atoms with Gasteiger partial charge in [-0.05, 0) is 32.4 Å². The van der Waals surface area contributed by atoms with Crippen molar-refractivity contribution in [3.8, 4) is 0 Å². The summed E-state index contributed by atoms with van der Waals surface area (Å²) >= 11 is 0. The van der Waals surface area contributed by atoms with Crippen LogP contribution in [0.15, 0.2) is 59.3 Å². The minimum absolute atomic E-state index is 0.121. The molecule has 8 heteroatoms. The number of epoxide rings is 1. The highest BCUT2D eigenvalue weighted by molar-refractivity contribution is 6.21. The van der Waals surface area contributed by atoms with Gasteiger partial charge in [0.1, 0.15) is 0 Å². The lowest BCUT2D eigenvalue weighted by Gasteiger charge is -2.22. The maximum atomic E-state index is 12.7. The Morgan fingerprint density at radius 3 is 2.53 bits per heavy atom. The molecule has 2 fully saturated rings. The lowest BCUT2D eigenvalue weighted by Crippen LogP contribution is -2.48. The molecular formula is C22H27NO7. The monoisotopic (exact) mass is 417 g/mol. The number of rotatable bonds is 9. The number of hydrogen-bond donors (Lipinski definition) is 3. The smallest absolute Gasteiger partial charge is 0.337 e. The Bertz CT molecular complexity index is 880. The maximum Gasteiger partial charge on any atom is 0.337 e. The molecule has 0 radical (unpaired) electrons. The first-order valence-electron chi connectivity index (χ1n) is 9.49. The summed E-state index contributed by atoms with van der Waals surface area (Å²) in [4.78, 5) is 36.5. The zero-order chi connectivity index (χ0) is 22.5. The van der Waals surface area contributed by atoms with Gasteiger partial charge < -0.3 is 25.0 Å². The highest BCUT2D eigenvalue weighted by atomic mass is 16.6. The number of ether oxygens (including phenoxy) is 2. The molecule has 1 amide bonds. The number of allylic oxidation sites excluding steroid dienone is 7. The number of aliphatic hydroxyl groups is 2. The van der Waals surface area contributed by atoms with E-state index in [0.29, 0.717) is 11.1 Å². The van der Waals surface area contributed by atoms with Gasteiger partial charge >= 0.3 is 5.97 Å². The third kappa shape index (κ3) is 4.51. The fourth-order valence-corrected chi connectivity index (χ4v) is 3.26. The maximum absolute atomic E-state index is 12.7. The molecule has 0 aromatic heterocycles. The first-order valence-corrected chi connectivity index (χ1v) is 9.49. The van der Waals surface area contributed by atoms with Crippen molar-refractivity contribution in [2.24, 2.45) is 0 Å². The molecule has 0 aromatic carbocycles. The number of esters is 1. The number of hydrogen-bond acceptors (Lipinski definition) is 7. The van der Waals surface area contributed by atoms with Crippen LogP contribution in [0.3, 0.4) is 0 Å². The second-order valence-electron chi connectivity index (χ2n) is 7.13. The largest absolute Gasteiger partial charge is 0.465 e. The van der Waals surface area contributed by atoms with Gasteiger partial charge in [-0.25, -0.2) is 4.79 Å². The summed E-state index contributed by atoms with van der Waals surface area (Å²) in [5.41, 5.74) is -1.89. The number of aliphatic hydroxyl groups excluding tert-OH is 1. The molecule has 0 aromatic rings. The topological polar surface area (TPSA) is 125 Å². The average molecular weight is 417 g/mol. The molecule has 0 spiro atoms. The molecule has 0 saturated carbocycles. The van der Waals surface area contributed by atoms with E-state index < -0.39 is 35.1 Å². The molecule has 2 rings (SSSR count). The molecule has 3 N–H and O–H groups in total. The van der Waals surface area contributed by atoms with Gasteiger partial charge in [-0.3, -0.25) is 9.59 Å². The molecule has 2 aliphatic rings. The molecule has 2 heterocycles. The van der Waals surface area contributed by atoms with Crippen LogP contribution in [0.5, 0.6) is 0 Å². The lowest BCUT2D eigenvalue weighted by atomic mass is 9.92. The summed E-state index contributed by atoms with van der Waals surface area (Å²) in [6.45, 7) is 4.78. The average Bonchev–Trinajstić information content (AvgIpc) is 3.44. The highest BCUT2D eigenvalue weighted by Gasteiger charge is 2.80. The van der Waals surface area contributed by atoms with E-state index in [9.17, 15) is 19.5 Å². The normalized spacial score (nSPS) is 29.3. The zero-order valence-corrected chi connectivity index (χ0v) is 17.5. The highest BCUT2D eigenvalue weighted by Crippen LogP contribution is 2.50. The van der Waals surface area contributed by atoms with Crippen LogP contribution in [-0.4, -0.2) is 59.0 Å². The molecule has 0 unspecified atom stereocenters. The van der Waals surface area contributed by atoms with E-state index in [1.165, 1.54) is 7.11 Å². The summed E-state index contributed by atoms with van der Waals surface area (Å²) in [5, 5.41) is 21.7. The van der Waals surface area contributed by atoms with Gasteiger partial charge in [0.15, 0.2) is 11.8 Å². The van der Waals surface area contributed by atoms with Crippen molar-refractivity contribution in [1.82, 2.24) is 5.32 Å². The summed E-state index contributed by atoms with van der Waals surface area (Å²) in [5.74, 6) is -1.64. The molecule has 2 saturated heterocycles. The number of carbonyl (C=O) groups excluding carboxylic acids is 3. The molecule has 30 heavy (non-hydrogen) atoms. The summed E-state index contributed by atoms with van der Waals surface area (Å²) in [7, 11) is 1.32. The molecule has 162 valence electrons. The summed E-state index contributed by atoms with van der Waals surface area (Å²) in [6.07, 6.45) is 10.6. The molecule has 8 nitrogen and oxygen atoms in total. The van der Waals surface area contributed by atoms with E-state index in [0.717, 1.165) is 5.57 Å². The third-order valence-corrected chi connectivity index (χ3v) is 4.95. The van der Waals surface area contributed by atoms with E-state index >= 15 is 0 Å². The van der Waals surface area contributed by atoms with Crippen molar-refractivity contribution in [1.29, 1.82) is 0 Å². The molecule has 0 bridgehead atoms. The van der Waals surface area contributed by atoms with Crippen LogP contribution in [0.25, 0.3) is 0 Å². The Balaban J connectivity index is 2.01. The molecule has 0 aliphatic carbocycles. The van der Waals surface area contributed by atoms with Crippen LogP contribution in [0.4, 0.5) is 0 Å². The van der Waals surface area contributed by atoms with Crippen molar-refractivity contribution in [3.63, 3.8) is 0 Å². The minimum atomic E-state index is -1.74. The molecule has 3 atom stereocenters. The van der Waals surface area contributed by atoms with Gasteiger partial charge in [-0.15, -0.1) is 0 Å². The van der Waals surface area contributed by atoms with Gasteiger partial charge in [-0.2, -0.15) is 0 Å². The Morgan fingerprint density at radius 2 is 1.97 bits per heavy atom. The quantitative estimate of drug-likeness (QED) is 0.168. The third-order valence-electron chi connectivity index (χ3n) is 4.95. The predicted octanol–water partition coefficient (Wildman–Crippen LogP) is 1.02. The number of ketones is 1. The van der Waals surface area contributed by atoms with E-state index in [-0.39, 0.29) is 13.0 Å². The Hall–Kier alpha value is -2.81. The number of nitrogens with one attached hydrogen (secondary N) is 1. The number of fused-ring (bicyclic) bond motifs is 1. The van der Waals surface area contributed by atoms with Crippen molar-refractivity contribution in [3.05, 3.63) is 59.3 Å². The van der Waals surface area contributed by atoms with E-state index in [1.54, 1.807) is 56.4 Å². The van der Waals surface area contributed by atoms with Crippen molar-refractivity contribution >= 4 is 17.7 Å². The number of methoxy groups -OCH3 is 1. The standard InChI is InChI=1S/C22H27NO7/c1-5-16(18(26)29-4)13-14(2)9-7-6-8-10-15(3)17(25)22-19(30-22)21(28,11-12-24)23-20(22)27/h5-10,13,19,24,28H,11-12H2,1-4H3,(H,23,27)/b8-6-,9-7+,14-13+,15-10+,16-5-/t19-,21+,22-/m0/s1. The number of morpholine rings is 1. The lowest BCUT2D eigenvalue weighted by molar-refractivity contribution is -0.138. The Kier molecular flexibility index (Phi) is 7.30. The van der Waals surface area contributed by atoms with Gasteiger partial charge in [-0.1, -0.05) is 42.0 Å². The van der Waals surface area contributed by atoms with E-state index in [4.69, 9.17) is 9.84 Å². The van der Waals surface area contributed by atoms with E-state index in [1.807, 2.05) is 6.92 Å². The summed E-state index contributed by atoms with van der Waals surface area (Å²) < 4.78 is 9.97. The van der Waals surface area contributed by atoms with Gasteiger partial charge in [0.2, 0.25) is 11.4 Å². The second-order valence-corrected chi connectivity index (χ2v) is 7.13. The predicted molar refractivity (Wildman–Crippen MR) is 109 cm³/mol. The van der Waals surface area contributed by atoms with Gasteiger partial charge in [0.05, 0.1) is 12.7 Å². The summed E-state index contributed by atoms with van der Waals surface area (Å²) in [6, 6.07) is 0. The second kappa shape index (κ2) is 9.34. The van der Waals surface area contributed by atoms with Crippen LogP contribution >= 0.6 is 0 Å². The van der Waals surface area contributed by atoms with Gasteiger partial charge in [0.25, 0.3) is 5.91 Å². The molecule has 2 aliphatic heterocycles. The molecular weight excluding hydrogens is 390 g/mol. The first kappa shape index (κ1) is 23.5. The van der Waals surface area contributed by atoms with Crippen LogP contribution in [0.1, 0.15) is 27.2 Å². The number of Topliss-reactive ketones (excluding diaryl/α,β-unsaturated/α-hetero) is 1. The fourth-order valence-electron chi connectivity index (χ4n) is 3.26. The van der Waals surface area contributed by atoms with Crippen LogP contribution in [0, 0.1) is 0 Å². The van der Waals surface area contributed by atoms with Crippen LogP contribution in [0.2, 0.25) is 0 Å². The van der Waals surface area contributed by atoms with E-state index in [2.05, 4.69) is 10.1 Å². The Labute approximate surface area is 175 Å². The number of carbonyl (C=O) groups is 3. The first-order chi connectivity index (χ1) is 14.2.